The molecule has 1 aromatic heterocycles. The Hall–Kier alpha value is -1.23. The molecule has 1 heterocycles. The van der Waals surface area contributed by atoms with Crippen molar-refractivity contribution < 1.29 is 9.53 Å². The summed E-state index contributed by atoms with van der Waals surface area (Å²) < 4.78 is 5.93. The normalized spacial score (nSPS) is 14.5. The summed E-state index contributed by atoms with van der Waals surface area (Å²) in [5.41, 5.74) is 6.78. The van der Waals surface area contributed by atoms with Crippen LogP contribution in [-0.4, -0.2) is 25.0 Å². The van der Waals surface area contributed by atoms with Crippen LogP contribution >= 0.6 is 11.3 Å². The fourth-order valence-electron chi connectivity index (χ4n) is 2.36. The lowest BCUT2D eigenvalue weighted by atomic mass is 10.2. The largest absolute Gasteiger partial charge is 0.486 e. The van der Waals surface area contributed by atoms with E-state index in [1.165, 1.54) is 11.3 Å². The quantitative estimate of drug-likeness (QED) is 0.739. The molecule has 0 bridgehead atoms. The van der Waals surface area contributed by atoms with Crippen LogP contribution in [-0.2, 0) is 0 Å². The van der Waals surface area contributed by atoms with Crippen molar-refractivity contribution in [2.24, 2.45) is 5.92 Å². The van der Waals surface area contributed by atoms with Crippen LogP contribution in [0, 0.1) is 5.92 Å². The van der Waals surface area contributed by atoms with Crippen molar-refractivity contribution in [2.75, 3.05) is 23.7 Å². The molecule has 1 saturated carbocycles. The molecule has 1 aliphatic carbocycles. The minimum Gasteiger partial charge on any atom is -0.486 e. The smallest absolute Gasteiger partial charge is 0.178 e. The number of nitrogen functional groups attached to an aromatic ring is 1. The van der Waals surface area contributed by atoms with Gasteiger partial charge in [-0.05, 0) is 40.0 Å². The number of Topliss-reactive ketones (excluding diaryl/α,β-unsaturated/α-hetero) is 1. The van der Waals surface area contributed by atoms with Gasteiger partial charge in [-0.25, -0.2) is 0 Å². The van der Waals surface area contributed by atoms with Crippen molar-refractivity contribution in [1.82, 2.24) is 0 Å². The third-order valence-electron chi connectivity index (χ3n) is 3.57. The highest BCUT2D eigenvalue weighted by Gasteiger charge is 2.35. The average Bonchev–Trinajstić information content (AvgIpc) is 3.23. The highest BCUT2D eigenvalue weighted by atomic mass is 32.1. The third-order valence-corrected chi connectivity index (χ3v) is 4.83. The molecule has 0 unspecified atom stereocenters. The van der Waals surface area contributed by atoms with E-state index >= 15 is 0 Å². The molecule has 1 aromatic rings. The SMILES string of the molecule is CCCN(CC)c1sc(C(=O)C2CC2)c(N)c1OC(C)C. The van der Waals surface area contributed by atoms with Crippen molar-refractivity contribution in [3.05, 3.63) is 4.88 Å². The van der Waals surface area contributed by atoms with Gasteiger partial charge in [0.05, 0.1) is 16.7 Å². The van der Waals surface area contributed by atoms with Gasteiger partial charge >= 0.3 is 0 Å². The van der Waals surface area contributed by atoms with Crippen molar-refractivity contribution in [2.45, 2.75) is 53.1 Å². The van der Waals surface area contributed by atoms with Gasteiger partial charge in [0.2, 0.25) is 0 Å². The highest BCUT2D eigenvalue weighted by Crippen LogP contribution is 2.48. The second kappa shape index (κ2) is 6.69. The summed E-state index contributed by atoms with van der Waals surface area (Å²) in [6.07, 6.45) is 3.10. The van der Waals surface area contributed by atoms with Crippen LogP contribution in [0.5, 0.6) is 5.75 Å². The first kappa shape index (κ1) is 16.1. The van der Waals surface area contributed by atoms with Crippen molar-refractivity contribution in [1.29, 1.82) is 0 Å². The average molecular weight is 310 g/mol. The predicted molar refractivity (Wildman–Crippen MR) is 89.7 cm³/mol. The Bertz CT molecular complexity index is 507. The molecule has 5 heteroatoms. The first-order valence-corrected chi connectivity index (χ1v) is 8.69. The Balaban J connectivity index is 2.40. The molecule has 2 rings (SSSR count). The number of nitrogens with two attached hydrogens (primary N) is 1. The number of ketones is 1. The summed E-state index contributed by atoms with van der Waals surface area (Å²) in [5, 5.41) is 1.01. The Labute approximate surface area is 131 Å². The second-order valence-electron chi connectivity index (χ2n) is 5.86. The molecule has 21 heavy (non-hydrogen) atoms. The summed E-state index contributed by atoms with van der Waals surface area (Å²) in [5.74, 6) is 1.09. The minimum absolute atomic E-state index is 0.0462. The lowest BCUT2D eigenvalue weighted by Gasteiger charge is -2.23. The minimum atomic E-state index is 0.0462. The van der Waals surface area contributed by atoms with Crippen LogP contribution in [0.1, 0.15) is 56.6 Å². The van der Waals surface area contributed by atoms with Crippen LogP contribution in [0.2, 0.25) is 0 Å². The summed E-state index contributed by atoms with van der Waals surface area (Å²) in [4.78, 5) is 15.3. The predicted octanol–water partition coefficient (Wildman–Crippen LogP) is 3.95. The highest BCUT2D eigenvalue weighted by molar-refractivity contribution is 7.19. The summed E-state index contributed by atoms with van der Waals surface area (Å²) >= 11 is 1.50. The molecule has 0 radical (unpaired) electrons. The molecule has 0 amide bonds. The zero-order valence-electron chi connectivity index (χ0n) is 13.4. The molecule has 2 N–H and O–H groups in total. The number of carbonyl (C=O) groups excluding carboxylic acids is 1. The molecule has 0 aliphatic heterocycles. The van der Waals surface area contributed by atoms with Gasteiger partial charge in [0.25, 0.3) is 0 Å². The molecule has 0 spiro atoms. The van der Waals surface area contributed by atoms with E-state index in [2.05, 4.69) is 18.7 Å². The molecule has 4 nitrogen and oxygen atoms in total. The van der Waals surface area contributed by atoms with Gasteiger partial charge in [-0.3, -0.25) is 4.79 Å². The maximum absolute atomic E-state index is 12.4. The molecule has 1 aliphatic rings. The number of rotatable bonds is 8. The van der Waals surface area contributed by atoms with Gasteiger partial charge in [0.1, 0.15) is 5.00 Å². The Morgan fingerprint density at radius 1 is 1.43 bits per heavy atom. The first-order chi connectivity index (χ1) is 9.99. The van der Waals surface area contributed by atoms with E-state index in [-0.39, 0.29) is 17.8 Å². The van der Waals surface area contributed by atoms with E-state index in [4.69, 9.17) is 10.5 Å². The van der Waals surface area contributed by atoms with E-state index < -0.39 is 0 Å². The zero-order valence-corrected chi connectivity index (χ0v) is 14.3. The number of hydrogen-bond acceptors (Lipinski definition) is 5. The van der Waals surface area contributed by atoms with E-state index in [1.807, 2.05) is 13.8 Å². The summed E-state index contributed by atoms with van der Waals surface area (Å²) in [7, 11) is 0. The Kier molecular flexibility index (Phi) is 5.14. The van der Waals surface area contributed by atoms with Crippen LogP contribution < -0.4 is 15.4 Å². The van der Waals surface area contributed by atoms with E-state index in [0.29, 0.717) is 16.3 Å². The van der Waals surface area contributed by atoms with Crippen LogP contribution in [0.25, 0.3) is 0 Å². The molecule has 0 saturated heterocycles. The number of anilines is 2. The maximum Gasteiger partial charge on any atom is 0.178 e. The van der Waals surface area contributed by atoms with Gasteiger partial charge in [-0.1, -0.05) is 6.92 Å². The number of hydrogen-bond donors (Lipinski definition) is 1. The van der Waals surface area contributed by atoms with Gasteiger partial charge in [0.15, 0.2) is 11.5 Å². The second-order valence-corrected chi connectivity index (χ2v) is 6.86. The molecule has 1 fully saturated rings. The van der Waals surface area contributed by atoms with Crippen LogP contribution in [0.3, 0.4) is 0 Å². The van der Waals surface area contributed by atoms with Crippen molar-refractivity contribution >= 4 is 27.8 Å². The monoisotopic (exact) mass is 310 g/mol. The summed E-state index contributed by atoms with van der Waals surface area (Å²) in [6, 6.07) is 0. The molecular formula is C16H26N2O2S. The standard InChI is InChI=1S/C16H26N2O2S/c1-5-9-18(6-2)16-14(20-10(3)4)12(17)15(21-16)13(19)11-7-8-11/h10-11H,5-9,17H2,1-4H3. The third kappa shape index (κ3) is 3.51. The number of nitrogens with zero attached hydrogens (tertiary/aromatic N) is 1. The van der Waals surface area contributed by atoms with E-state index in [1.54, 1.807) is 0 Å². The molecule has 118 valence electrons. The first-order valence-electron chi connectivity index (χ1n) is 7.87. The fraction of sp³-hybridized carbons (Fsp3) is 0.688. The van der Waals surface area contributed by atoms with Crippen molar-refractivity contribution in [3.8, 4) is 5.75 Å². The maximum atomic E-state index is 12.4. The van der Waals surface area contributed by atoms with Gasteiger partial charge in [0, 0.05) is 19.0 Å². The Morgan fingerprint density at radius 3 is 2.57 bits per heavy atom. The fourth-order valence-corrected chi connectivity index (χ4v) is 3.62. The van der Waals surface area contributed by atoms with Gasteiger partial charge in [-0.15, -0.1) is 11.3 Å². The van der Waals surface area contributed by atoms with Gasteiger partial charge < -0.3 is 15.4 Å². The topological polar surface area (TPSA) is 55.6 Å². The van der Waals surface area contributed by atoms with Crippen molar-refractivity contribution in [3.63, 3.8) is 0 Å². The molecular weight excluding hydrogens is 284 g/mol. The lowest BCUT2D eigenvalue weighted by Crippen LogP contribution is -2.23. The number of ether oxygens (including phenoxy) is 1. The Morgan fingerprint density at radius 2 is 2.10 bits per heavy atom. The number of thiophene rings is 1. The van der Waals surface area contributed by atoms with E-state index in [9.17, 15) is 4.79 Å². The van der Waals surface area contributed by atoms with Crippen LogP contribution in [0.4, 0.5) is 10.7 Å². The molecule has 0 aromatic carbocycles. The van der Waals surface area contributed by atoms with Gasteiger partial charge in [-0.2, -0.15) is 0 Å². The summed E-state index contributed by atoms with van der Waals surface area (Å²) in [6.45, 7) is 10.1. The lowest BCUT2D eigenvalue weighted by molar-refractivity contribution is 0.0972. The van der Waals surface area contributed by atoms with Crippen LogP contribution in [0.15, 0.2) is 0 Å². The van der Waals surface area contributed by atoms with E-state index in [0.717, 1.165) is 37.4 Å². The molecule has 0 atom stereocenters. The number of carbonyl (C=O) groups is 1. The zero-order chi connectivity index (χ0) is 15.6.